The van der Waals surface area contributed by atoms with E-state index >= 15 is 0 Å². The maximum Gasteiger partial charge on any atom is 0.410 e. The summed E-state index contributed by atoms with van der Waals surface area (Å²) in [7, 11) is 1.73. The first-order valence-corrected chi connectivity index (χ1v) is 6.64. The number of piperidine rings is 1. The molecule has 1 saturated heterocycles. The third-order valence-electron chi connectivity index (χ3n) is 3.78. The second-order valence-electron chi connectivity index (χ2n) is 5.18. The van der Waals surface area contributed by atoms with Crippen LogP contribution in [0.2, 0.25) is 0 Å². The molecule has 4 nitrogen and oxygen atoms in total. The number of rotatable bonds is 3. The summed E-state index contributed by atoms with van der Waals surface area (Å²) in [5.41, 5.74) is 0.908. The van der Waals surface area contributed by atoms with E-state index in [1.165, 1.54) is 0 Å². The predicted octanol–water partition coefficient (Wildman–Crippen LogP) is 2.82. The Hall–Kier alpha value is -1.55. The van der Waals surface area contributed by atoms with E-state index in [0.29, 0.717) is 19.7 Å². The van der Waals surface area contributed by atoms with Gasteiger partial charge in [0.25, 0.3) is 0 Å². The second-order valence-corrected chi connectivity index (χ2v) is 5.18. The molecule has 1 aromatic rings. The van der Waals surface area contributed by atoms with Crippen LogP contribution in [0.4, 0.5) is 4.79 Å². The lowest BCUT2D eigenvalue weighted by Gasteiger charge is -2.37. The third kappa shape index (κ3) is 3.70. The van der Waals surface area contributed by atoms with Crippen molar-refractivity contribution in [2.24, 2.45) is 0 Å². The molecule has 1 heterocycles. The number of likely N-dealkylation sites (tertiary alicyclic amines) is 1. The first-order valence-electron chi connectivity index (χ1n) is 6.64. The van der Waals surface area contributed by atoms with E-state index in [0.717, 1.165) is 18.4 Å². The summed E-state index contributed by atoms with van der Waals surface area (Å²) in [6, 6.07) is 9.72. The molecule has 1 fully saturated rings. The molecule has 0 spiro atoms. The summed E-state index contributed by atoms with van der Waals surface area (Å²) in [6.07, 6.45) is 1.47. The molecule has 19 heavy (non-hydrogen) atoms. The highest BCUT2D eigenvalue weighted by Crippen LogP contribution is 2.25. The maximum absolute atomic E-state index is 11.9. The molecular formula is C15H21NO3. The van der Waals surface area contributed by atoms with Crippen molar-refractivity contribution >= 4 is 6.09 Å². The number of nitrogens with zero attached hydrogens (tertiary/aromatic N) is 1. The minimum atomic E-state index is -0.234. The lowest BCUT2D eigenvalue weighted by molar-refractivity contribution is -0.0413. The van der Waals surface area contributed by atoms with E-state index < -0.39 is 0 Å². The van der Waals surface area contributed by atoms with Crippen LogP contribution in [0.1, 0.15) is 25.3 Å². The van der Waals surface area contributed by atoms with Crippen molar-refractivity contribution in [3.8, 4) is 0 Å². The minimum absolute atomic E-state index is 0.101. The maximum atomic E-state index is 11.9. The van der Waals surface area contributed by atoms with Gasteiger partial charge in [-0.15, -0.1) is 0 Å². The first kappa shape index (κ1) is 13.9. The molecule has 0 atom stereocenters. The fourth-order valence-corrected chi connectivity index (χ4v) is 2.18. The highest BCUT2D eigenvalue weighted by atomic mass is 16.6. The van der Waals surface area contributed by atoms with Crippen molar-refractivity contribution < 1.29 is 14.3 Å². The van der Waals surface area contributed by atoms with Crippen LogP contribution in [-0.4, -0.2) is 36.8 Å². The monoisotopic (exact) mass is 263 g/mol. The minimum Gasteiger partial charge on any atom is -0.445 e. The zero-order chi connectivity index (χ0) is 13.7. The van der Waals surface area contributed by atoms with Crippen LogP contribution in [0.3, 0.4) is 0 Å². The van der Waals surface area contributed by atoms with Crippen LogP contribution < -0.4 is 0 Å². The Morgan fingerprint density at radius 3 is 2.47 bits per heavy atom. The number of benzene rings is 1. The quantitative estimate of drug-likeness (QED) is 0.841. The predicted molar refractivity (Wildman–Crippen MR) is 72.8 cm³/mol. The molecule has 0 bridgehead atoms. The average Bonchev–Trinajstić information content (AvgIpc) is 2.47. The highest BCUT2D eigenvalue weighted by molar-refractivity contribution is 5.67. The van der Waals surface area contributed by atoms with Crippen molar-refractivity contribution in [1.82, 2.24) is 4.90 Å². The topological polar surface area (TPSA) is 38.8 Å². The van der Waals surface area contributed by atoms with Crippen LogP contribution in [-0.2, 0) is 16.1 Å². The molecular weight excluding hydrogens is 242 g/mol. The number of methoxy groups -OCH3 is 1. The Kier molecular flexibility index (Phi) is 4.43. The van der Waals surface area contributed by atoms with E-state index in [1.54, 1.807) is 12.0 Å². The Labute approximate surface area is 114 Å². The van der Waals surface area contributed by atoms with Crippen molar-refractivity contribution in [2.75, 3.05) is 20.2 Å². The van der Waals surface area contributed by atoms with Crippen LogP contribution in [0.15, 0.2) is 30.3 Å². The van der Waals surface area contributed by atoms with Gasteiger partial charge in [0, 0.05) is 20.2 Å². The normalized spacial score (nSPS) is 18.1. The third-order valence-corrected chi connectivity index (χ3v) is 3.78. The number of carbonyl (C=O) groups is 1. The highest BCUT2D eigenvalue weighted by Gasteiger charge is 2.32. The van der Waals surface area contributed by atoms with Gasteiger partial charge in [0.05, 0.1) is 5.60 Å². The lowest BCUT2D eigenvalue weighted by atomic mass is 9.94. The molecule has 0 aliphatic carbocycles. The van der Waals surface area contributed by atoms with E-state index in [2.05, 4.69) is 6.92 Å². The molecule has 0 saturated carbocycles. The van der Waals surface area contributed by atoms with Crippen molar-refractivity contribution in [3.05, 3.63) is 35.9 Å². The standard InChI is InChI=1S/C15H21NO3/c1-15(18-2)8-10-16(11-9-15)14(17)19-12-13-6-4-3-5-7-13/h3-7H,8-12H2,1-2H3. The lowest BCUT2D eigenvalue weighted by Crippen LogP contribution is -2.46. The van der Waals surface area contributed by atoms with E-state index in [4.69, 9.17) is 9.47 Å². The molecule has 1 amide bonds. The van der Waals surface area contributed by atoms with E-state index in [-0.39, 0.29) is 11.7 Å². The largest absolute Gasteiger partial charge is 0.445 e. The number of carbonyl (C=O) groups excluding carboxylic acids is 1. The zero-order valence-corrected chi connectivity index (χ0v) is 11.6. The van der Waals surface area contributed by atoms with Gasteiger partial charge in [0.2, 0.25) is 0 Å². The number of hydrogen-bond acceptors (Lipinski definition) is 3. The van der Waals surface area contributed by atoms with Crippen LogP contribution in [0, 0.1) is 0 Å². The molecule has 1 aliphatic rings. The fraction of sp³-hybridized carbons (Fsp3) is 0.533. The van der Waals surface area contributed by atoms with Gasteiger partial charge in [0.15, 0.2) is 0 Å². The summed E-state index contributed by atoms with van der Waals surface area (Å²) in [5.74, 6) is 0. The smallest absolute Gasteiger partial charge is 0.410 e. The summed E-state index contributed by atoms with van der Waals surface area (Å²) in [6.45, 7) is 3.80. The van der Waals surface area contributed by atoms with Crippen LogP contribution in [0.25, 0.3) is 0 Å². The second kappa shape index (κ2) is 6.06. The zero-order valence-electron chi connectivity index (χ0n) is 11.6. The average molecular weight is 263 g/mol. The SMILES string of the molecule is COC1(C)CCN(C(=O)OCc2ccccc2)CC1. The van der Waals surface area contributed by atoms with Crippen molar-refractivity contribution in [1.29, 1.82) is 0 Å². The van der Waals surface area contributed by atoms with Crippen LogP contribution in [0.5, 0.6) is 0 Å². The number of amides is 1. The molecule has 2 rings (SSSR count). The molecule has 0 unspecified atom stereocenters. The molecule has 0 radical (unpaired) electrons. The summed E-state index contributed by atoms with van der Waals surface area (Å²) < 4.78 is 10.8. The molecule has 1 aliphatic heterocycles. The summed E-state index contributed by atoms with van der Waals surface area (Å²) in [4.78, 5) is 13.7. The Morgan fingerprint density at radius 2 is 1.89 bits per heavy atom. The van der Waals surface area contributed by atoms with Gasteiger partial charge in [-0.1, -0.05) is 30.3 Å². The molecule has 0 aromatic heterocycles. The molecule has 1 aromatic carbocycles. The van der Waals surface area contributed by atoms with Crippen molar-refractivity contribution in [2.45, 2.75) is 32.0 Å². The van der Waals surface area contributed by atoms with Crippen LogP contribution >= 0.6 is 0 Å². The summed E-state index contributed by atoms with van der Waals surface area (Å²) in [5, 5.41) is 0. The van der Waals surface area contributed by atoms with Gasteiger partial charge in [-0.2, -0.15) is 0 Å². The van der Waals surface area contributed by atoms with E-state index in [1.807, 2.05) is 30.3 Å². The molecule has 4 heteroatoms. The van der Waals surface area contributed by atoms with Gasteiger partial charge in [-0.3, -0.25) is 0 Å². The van der Waals surface area contributed by atoms with Crippen molar-refractivity contribution in [3.63, 3.8) is 0 Å². The summed E-state index contributed by atoms with van der Waals surface area (Å²) >= 11 is 0. The van der Waals surface area contributed by atoms with Gasteiger partial charge < -0.3 is 14.4 Å². The van der Waals surface area contributed by atoms with E-state index in [9.17, 15) is 4.79 Å². The Morgan fingerprint density at radius 1 is 1.26 bits per heavy atom. The van der Waals surface area contributed by atoms with Gasteiger partial charge in [-0.05, 0) is 25.3 Å². The number of ether oxygens (including phenoxy) is 2. The van der Waals surface area contributed by atoms with Gasteiger partial charge in [0.1, 0.15) is 6.61 Å². The fourth-order valence-electron chi connectivity index (χ4n) is 2.18. The van der Waals surface area contributed by atoms with Gasteiger partial charge in [-0.25, -0.2) is 4.79 Å². The Bertz CT molecular complexity index is 411. The number of hydrogen-bond donors (Lipinski definition) is 0. The molecule has 104 valence electrons. The molecule has 0 N–H and O–H groups in total. The first-order chi connectivity index (χ1) is 9.13. The Balaban J connectivity index is 1.79. The van der Waals surface area contributed by atoms with Gasteiger partial charge >= 0.3 is 6.09 Å².